The predicted molar refractivity (Wildman–Crippen MR) is 114 cm³/mol. The zero-order chi connectivity index (χ0) is 22.1. The van der Waals surface area contributed by atoms with Crippen LogP contribution < -0.4 is 0 Å². The molecule has 2 aliphatic rings. The molecule has 1 unspecified atom stereocenters. The number of nitrogens with zero attached hydrogens (tertiary/aromatic N) is 5. The van der Waals surface area contributed by atoms with E-state index in [2.05, 4.69) is 20.6 Å². The molecule has 3 aromatic rings. The predicted octanol–water partition coefficient (Wildman–Crippen LogP) is 4.15. The highest BCUT2D eigenvalue weighted by molar-refractivity contribution is 5.79. The Morgan fingerprint density at radius 2 is 2.03 bits per heavy atom. The summed E-state index contributed by atoms with van der Waals surface area (Å²) in [5.41, 5.74) is 3.09. The highest BCUT2D eigenvalue weighted by Gasteiger charge is 2.37. The van der Waals surface area contributed by atoms with Crippen molar-refractivity contribution < 1.29 is 14.0 Å². The highest BCUT2D eigenvalue weighted by Crippen LogP contribution is 2.36. The summed E-state index contributed by atoms with van der Waals surface area (Å²) in [7, 11) is 0. The number of pyridine rings is 2. The number of rotatable bonds is 4. The highest BCUT2D eigenvalue weighted by atomic mass is 19.1. The first kappa shape index (κ1) is 20.6. The van der Waals surface area contributed by atoms with Crippen LogP contribution in [0.15, 0.2) is 43.0 Å². The number of carbonyl (C=O) groups is 1. The third kappa shape index (κ3) is 3.96. The average Bonchev–Trinajstić information content (AvgIpc) is 3.46. The Kier molecular flexibility index (Phi) is 5.58. The maximum absolute atomic E-state index is 13.6. The lowest BCUT2D eigenvalue weighted by molar-refractivity contribution is -0.183. The van der Waals surface area contributed by atoms with Gasteiger partial charge >= 0.3 is 0 Å². The summed E-state index contributed by atoms with van der Waals surface area (Å²) >= 11 is 0. The Balaban J connectivity index is 1.22. The minimum absolute atomic E-state index is 0.00973. The molecule has 1 amide bonds. The average molecular weight is 433 g/mol. The molecule has 1 aliphatic carbocycles. The fourth-order valence-corrected chi connectivity index (χ4v) is 4.93. The van der Waals surface area contributed by atoms with E-state index in [9.17, 15) is 9.18 Å². The van der Waals surface area contributed by atoms with Gasteiger partial charge in [-0.2, -0.15) is 5.26 Å². The fraction of sp³-hybridized carbons (Fsp3) is 0.417. The molecule has 4 heterocycles. The number of nitriles is 1. The molecule has 32 heavy (non-hydrogen) atoms. The fourth-order valence-electron chi connectivity index (χ4n) is 4.93. The van der Waals surface area contributed by atoms with Crippen LogP contribution in [0.2, 0.25) is 0 Å². The molecule has 0 spiro atoms. The Hall–Kier alpha value is -3.31. The van der Waals surface area contributed by atoms with E-state index in [1.54, 1.807) is 12.4 Å². The molecule has 0 N–H and O–H groups in total. The van der Waals surface area contributed by atoms with Crippen molar-refractivity contribution in [1.29, 1.82) is 5.26 Å². The van der Waals surface area contributed by atoms with E-state index in [1.807, 2.05) is 18.3 Å². The smallest absolute Gasteiger partial charge is 0.249 e. The summed E-state index contributed by atoms with van der Waals surface area (Å²) in [5, 5.41) is 10.6. The molecule has 0 bridgehead atoms. The van der Waals surface area contributed by atoms with Gasteiger partial charge in [-0.25, -0.2) is 9.45 Å². The van der Waals surface area contributed by atoms with Gasteiger partial charge in [0.05, 0.1) is 35.4 Å². The topological polar surface area (TPSA) is 84.0 Å². The molecule has 7 nitrogen and oxygen atoms in total. The van der Waals surface area contributed by atoms with Crippen LogP contribution in [0.5, 0.6) is 0 Å². The van der Waals surface area contributed by atoms with Crippen molar-refractivity contribution in [3.8, 4) is 6.07 Å². The molecule has 0 radical (unpaired) electrons. The first-order valence-electron chi connectivity index (χ1n) is 11.0. The van der Waals surface area contributed by atoms with E-state index in [1.165, 1.54) is 11.1 Å². The standard InChI is InChI=1S/C24H24FN5O2/c25-20-10-19(13-27-14-20)22-6-8-32-30(22)24(31)18-3-1-16(2-4-18)15-29-7-5-21-23(29)9-17(11-26)12-28-21/h5,7,9-10,12-14,16,18,22H,1-4,6,8,15H2. The van der Waals surface area contributed by atoms with Gasteiger partial charge in [0, 0.05) is 37.5 Å². The van der Waals surface area contributed by atoms with Crippen molar-refractivity contribution in [2.45, 2.75) is 44.7 Å². The number of amides is 1. The van der Waals surface area contributed by atoms with E-state index >= 15 is 0 Å². The molecule has 164 valence electrons. The van der Waals surface area contributed by atoms with Crippen LogP contribution in [0.3, 0.4) is 0 Å². The van der Waals surface area contributed by atoms with Crippen molar-refractivity contribution in [3.05, 3.63) is 59.9 Å². The number of fused-ring (bicyclic) bond motifs is 1. The normalized spacial score (nSPS) is 23.4. The lowest BCUT2D eigenvalue weighted by Crippen LogP contribution is -2.37. The molecule has 5 rings (SSSR count). The first-order chi connectivity index (χ1) is 15.6. The van der Waals surface area contributed by atoms with Crippen LogP contribution >= 0.6 is 0 Å². The molecule has 1 aliphatic heterocycles. The van der Waals surface area contributed by atoms with Crippen LogP contribution in [-0.4, -0.2) is 32.1 Å². The molecular formula is C24H24FN5O2. The van der Waals surface area contributed by atoms with E-state index in [-0.39, 0.29) is 17.9 Å². The molecule has 3 aromatic heterocycles. The number of halogens is 1. The van der Waals surface area contributed by atoms with Gasteiger partial charge in [-0.3, -0.25) is 19.6 Å². The van der Waals surface area contributed by atoms with E-state index in [4.69, 9.17) is 10.1 Å². The van der Waals surface area contributed by atoms with Crippen LogP contribution in [-0.2, 0) is 16.2 Å². The van der Waals surface area contributed by atoms with Gasteiger partial charge in [0.25, 0.3) is 0 Å². The summed E-state index contributed by atoms with van der Waals surface area (Å²) in [4.78, 5) is 27.1. The molecule has 1 saturated heterocycles. The van der Waals surface area contributed by atoms with Crippen molar-refractivity contribution >= 4 is 16.9 Å². The van der Waals surface area contributed by atoms with E-state index in [0.717, 1.165) is 49.5 Å². The number of carbonyl (C=O) groups excluding carboxylic acids is 1. The zero-order valence-electron chi connectivity index (χ0n) is 17.7. The number of aromatic nitrogens is 3. The number of hydroxylamine groups is 2. The van der Waals surface area contributed by atoms with E-state index < -0.39 is 5.82 Å². The summed E-state index contributed by atoms with van der Waals surface area (Å²) < 4.78 is 15.8. The van der Waals surface area contributed by atoms with E-state index in [0.29, 0.717) is 30.1 Å². The number of hydrogen-bond donors (Lipinski definition) is 0. The van der Waals surface area contributed by atoms with Crippen molar-refractivity contribution in [1.82, 2.24) is 19.6 Å². The molecule has 8 heteroatoms. The third-order valence-corrected chi connectivity index (χ3v) is 6.63. The number of hydrogen-bond acceptors (Lipinski definition) is 5. The largest absolute Gasteiger partial charge is 0.346 e. The van der Waals surface area contributed by atoms with Crippen LogP contribution in [0.1, 0.15) is 49.3 Å². The summed E-state index contributed by atoms with van der Waals surface area (Å²) in [6.45, 7) is 1.29. The molecule has 0 aromatic carbocycles. The van der Waals surface area contributed by atoms with Gasteiger partial charge in [-0.15, -0.1) is 0 Å². The second-order valence-corrected chi connectivity index (χ2v) is 8.66. The summed E-state index contributed by atoms with van der Waals surface area (Å²) in [5.74, 6) is -0.0360. The third-order valence-electron chi connectivity index (χ3n) is 6.63. The summed E-state index contributed by atoms with van der Waals surface area (Å²) in [6, 6.07) is 7.14. The van der Waals surface area contributed by atoms with Gasteiger partial charge in [-0.1, -0.05) is 0 Å². The monoisotopic (exact) mass is 433 g/mol. The zero-order valence-corrected chi connectivity index (χ0v) is 17.7. The second-order valence-electron chi connectivity index (χ2n) is 8.66. The Bertz CT molecular complexity index is 1180. The minimum atomic E-state index is -0.406. The maximum atomic E-state index is 13.6. The van der Waals surface area contributed by atoms with Crippen molar-refractivity contribution in [2.75, 3.05) is 6.61 Å². The molecular weight excluding hydrogens is 409 g/mol. The van der Waals surface area contributed by atoms with Crippen LogP contribution in [0, 0.1) is 29.0 Å². The quantitative estimate of drug-likeness (QED) is 0.617. The lowest BCUT2D eigenvalue weighted by Gasteiger charge is -2.32. The maximum Gasteiger partial charge on any atom is 0.249 e. The van der Waals surface area contributed by atoms with Crippen molar-refractivity contribution in [2.24, 2.45) is 11.8 Å². The van der Waals surface area contributed by atoms with Gasteiger partial charge in [0.15, 0.2) is 0 Å². The molecule has 2 fully saturated rings. The lowest BCUT2D eigenvalue weighted by atomic mass is 9.81. The molecule has 1 atom stereocenters. The Morgan fingerprint density at radius 1 is 1.19 bits per heavy atom. The molecule has 1 saturated carbocycles. The Morgan fingerprint density at radius 3 is 2.81 bits per heavy atom. The van der Waals surface area contributed by atoms with Gasteiger partial charge in [0.1, 0.15) is 11.9 Å². The van der Waals surface area contributed by atoms with Crippen LogP contribution in [0.25, 0.3) is 11.0 Å². The van der Waals surface area contributed by atoms with Crippen LogP contribution in [0.4, 0.5) is 4.39 Å². The van der Waals surface area contributed by atoms with Gasteiger partial charge in [0.2, 0.25) is 5.91 Å². The first-order valence-corrected chi connectivity index (χ1v) is 11.0. The Labute approximate surface area is 185 Å². The summed E-state index contributed by atoms with van der Waals surface area (Å²) in [6.07, 6.45) is 10.5. The van der Waals surface area contributed by atoms with Crippen molar-refractivity contribution in [3.63, 3.8) is 0 Å². The second kappa shape index (κ2) is 8.67. The van der Waals surface area contributed by atoms with Gasteiger partial charge in [-0.05, 0) is 55.4 Å². The SMILES string of the molecule is N#Cc1cnc2ccn(CC3CCC(C(=O)N4OCCC4c4cncc(F)c4)CC3)c2c1. The minimum Gasteiger partial charge on any atom is -0.346 e. The van der Waals surface area contributed by atoms with Gasteiger partial charge < -0.3 is 4.57 Å².